The molecule has 1 aromatic carbocycles. The van der Waals surface area contributed by atoms with Crippen molar-refractivity contribution in [2.45, 2.75) is 19.5 Å². The van der Waals surface area contributed by atoms with Gasteiger partial charge in [-0.05, 0) is 5.21 Å². The number of tetrazole rings is 1. The molecule has 20 heavy (non-hydrogen) atoms. The highest BCUT2D eigenvalue weighted by molar-refractivity contribution is 5.81. The van der Waals surface area contributed by atoms with E-state index in [2.05, 4.69) is 20.7 Å². The fourth-order valence-electron chi connectivity index (χ4n) is 1.62. The van der Waals surface area contributed by atoms with Crippen LogP contribution in [0.15, 0.2) is 30.3 Å². The molecule has 0 aliphatic rings. The zero-order chi connectivity index (χ0) is 14.5. The number of carboxylic acid groups (broad SMARTS) is 1. The van der Waals surface area contributed by atoms with E-state index in [-0.39, 0.29) is 6.54 Å². The molecule has 0 saturated carbocycles. The smallest absolute Gasteiger partial charge is 0.328 e. The highest BCUT2D eigenvalue weighted by Gasteiger charge is 2.20. The predicted molar refractivity (Wildman–Crippen MR) is 68.5 cm³/mol. The molecule has 0 radical (unpaired) electrons. The lowest BCUT2D eigenvalue weighted by Crippen LogP contribution is -2.43. The van der Waals surface area contributed by atoms with Crippen molar-refractivity contribution in [3.63, 3.8) is 0 Å². The summed E-state index contributed by atoms with van der Waals surface area (Å²) in [6.07, 6.45) is 0. The minimum absolute atomic E-state index is 0.0885. The largest absolute Gasteiger partial charge is 0.480 e. The van der Waals surface area contributed by atoms with E-state index < -0.39 is 17.9 Å². The van der Waals surface area contributed by atoms with Crippen LogP contribution >= 0.6 is 0 Å². The second-order valence-electron chi connectivity index (χ2n) is 4.13. The number of nitrogens with one attached hydrogen (secondary N) is 1. The van der Waals surface area contributed by atoms with Gasteiger partial charge in [0.2, 0.25) is 11.7 Å². The number of benzene rings is 1. The molecular formula is C12H13N5O3. The maximum atomic E-state index is 11.0. The molecule has 0 fully saturated rings. The van der Waals surface area contributed by atoms with Crippen molar-refractivity contribution in [2.75, 3.05) is 0 Å². The lowest BCUT2D eigenvalue weighted by atomic mass is 10.2. The van der Waals surface area contributed by atoms with Crippen molar-refractivity contribution in [2.24, 2.45) is 0 Å². The third-order valence-electron chi connectivity index (χ3n) is 2.51. The zero-order valence-corrected chi connectivity index (χ0v) is 10.7. The van der Waals surface area contributed by atoms with Crippen LogP contribution in [0.1, 0.15) is 6.92 Å². The van der Waals surface area contributed by atoms with Crippen molar-refractivity contribution in [1.82, 2.24) is 25.5 Å². The van der Waals surface area contributed by atoms with Crippen molar-refractivity contribution in [1.29, 1.82) is 0 Å². The minimum atomic E-state index is -1.15. The number of hydrogen-bond acceptors (Lipinski definition) is 5. The van der Waals surface area contributed by atoms with Gasteiger partial charge in [-0.3, -0.25) is 4.79 Å². The van der Waals surface area contributed by atoms with Crippen LogP contribution in [0.25, 0.3) is 11.4 Å². The average molecular weight is 275 g/mol. The van der Waals surface area contributed by atoms with Gasteiger partial charge in [0.1, 0.15) is 6.04 Å². The summed E-state index contributed by atoms with van der Waals surface area (Å²) in [6, 6.07) is 8.10. The third-order valence-corrected chi connectivity index (χ3v) is 2.51. The molecule has 0 spiro atoms. The molecule has 0 bridgehead atoms. The number of rotatable bonds is 5. The monoisotopic (exact) mass is 275 g/mol. The van der Waals surface area contributed by atoms with Crippen LogP contribution in [-0.2, 0) is 16.1 Å². The quantitative estimate of drug-likeness (QED) is 0.790. The van der Waals surface area contributed by atoms with Crippen molar-refractivity contribution in [3.8, 4) is 11.4 Å². The van der Waals surface area contributed by atoms with Gasteiger partial charge in [-0.25, -0.2) is 4.79 Å². The van der Waals surface area contributed by atoms with E-state index in [0.717, 1.165) is 10.4 Å². The topological polar surface area (TPSA) is 110 Å². The van der Waals surface area contributed by atoms with Crippen LogP contribution < -0.4 is 5.32 Å². The second kappa shape index (κ2) is 5.91. The fraction of sp³-hybridized carbons (Fsp3) is 0.250. The van der Waals surface area contributed by atoms with E-state index >= 15 is 0 Å². The first-order chi connectivity index (χ1) is 9.56. The second-order valence-corrected chi connectivity index (χ2v) is 4.13. The molecule has 1 unspecified atom stereocenters. The molecule has 0 aliphatic carbocycles. The number of aliphatic carboxylic acids is 1. The SMILES string of the molecule is CC(=O)NC(Cn1nnc(-c2ccccc2)n1)C(=O)O. The fourth-order valence-corrected chi connectivity index (χ4v) is 1.62. The van der Waals surface area contributed by atoms with Gasteiger partial charge in [-0.2, -0.15) is 4.80 Å². The number of hydrogen-bond donors (Lipinski definition) is 2. The maximum absolute atomic E-state index is 11.0. The first kappa shape index (κ1) is 13.7. The van der Waals surface area contributed by atoms with Crippen LogP contribution in [0, 0.1) is 0 Å². The number of carbonyl (C=O) groups is 2. The Balaban J connectivity index is 2.12. The lowest BCUT2D eigenvalue weighted by Gasteiger charge is -2.11. The van der Waals surface area contributed by atoms with Crippen molar-refractivity contribution >= 4 is 11.9 Å². The minimum Gasteiger partial charge on any atom is -0.480 e. The molecule has 2 N–H and O–H groups in total. The normalized spacial score (nSPS) is 11.8. The molecule has 1 amide bonds. The Bertz CT molecular complexity index is 611. The molecule has 104 valence electrons. The summed E-state index contributed by atoms with van der Waals surface area (Å²) < 4.78 is 0. The predicted octanol–water partition coefficient (Wildman–Crippen LogP) is -0.0706. The molecule has 0 saturated heterocycles. The lowest BCUT2D eigenvalue weighted by molar-refractivity contribution is -0.142. The van der Waals surface area contributed by atoms with Gasteiger partial charge in [-0.1, -0.05) is 30.3 Å². The molecule has 0 aliphatic heterocycles. The Morgan fingerprint density at radius 3 is 2.65 bits per heavy atom. The molecule has 2 aromatic rings. The van der Waals surface area contributed by atoms with Crippen LogP contribution in [0.4, 0.5) is 0 Å². The van der Waals surface area contributed by atoms with E-state index in [1.165, 1.54) is 6.92 Å². The molecular weight excluding hydrogens is 262 g/mol. The highest BCUT2D eigenvalue weighted by Crippen LogP contribution is 2.11. The van der Waals surface area contributed by atoms with E-state index in [4.69, 9.17) is 5.11 Å². The number of amides is 1. The van der Waals surface area contributed by atoms with E-state index in [0.29, 0.717) is 5.82 Å². The average Bonchev–Trinajstić information content (AvgIpc) is 2.87. The summed E-state index contributed by atoms with van der Waals surface area (Å²) >= 11 is 0. The van der Waals surface area contributed by atoms with Gasteiger partial charge in [0.15, 0.2) is 0 Å². The highest BCUT2D eigenvalue weighted by atomic mass is 16.4. The summed E-state index contributed by atoms with van der Waals surface area (Å²) in [5.41, 5.74) is 0.783. The number of aromatic nitrogens is 4. The first-order valence-corrected chi connectivity index (χ1v) is 5.89. The summed E-state index contributed by atoms with van der Waals surface area (Å²) in [5.74, 6) is -1.18. The molecule has 8 nitrogen and oxygen atoms in total. The molecule has 1 aromatic heterocycles. The Hall–Kier alpha value is -2.77. The first-order valence-electron chi connectivity index (χ1n) is 5.89. The van der Waals surface area contributed by atoms with Crippen LogP contribution in [0.3, 0.4) is 0 Å². The summed E-state index contributed by atoms with van der Waals surface area (Å²) in [5, 5.41) is 23.0. The molecule has 1 heterocycles. The Labute approximate surface area is 114 Å². The van der Waals surface area contributed by atoms with E-state index in [1.54, 1.807) is 0 Å². The summed E-state index contributed by atoms with van der Waals surface area (Å²) in [4.78, 5) is 23.1. The number of carbonyl (C=O) groups excluding carboxylic acids is 1. The van der Waals surface area contributed by atoms with Gasteiger partial charge in [0, 0.05) is 12.5 Å². The Kier molecular flexibility index (Phi) is 4.04. The molecule has 8 heteroatoms. The van der Waals surface area contributed by atoms with Gasteiger partial charge >= 0.3 is 5.97 Å². The Morgan fingerprint density at radius 2 is 2.05 bits per heavy atom. The zero-order valence-electron chi connectivity index (χ0n) is 10.7. The summed E-state index contributed by atoms with van der Waals surface area (Å²) in [7, 11) is 0. The molecule has 1 atom stereocenters. The number of nitrogens with zero attached hydrogens (tertiary/aromatic N) is 4. The van der Waals surface area contributed by atoms with E-state index in [1.807, 2.05) is 30.3 Å². The molecule has 2 rings (SSSR count). The standard InChI is InChI=1S/C12H13N5O3/c1-8(18)13-10(12(19)20)7-17-15-11(14-16-17)9-5-3-2-4-6-9/h2-6,10H,7H2,1H3,(H,13,18)(H,19,20). The van der Waals surface area contributed by atoms with Gasteiger partial charge in [-0.15, -0.1) is 10.2 Å². The van der Waals surface area contributed by atoms with Crippen molar-refractivity contribution in [3.05, 3.63) is 30.3 Å². The Morgan fingerprint density at radius 1 is 1.35 bits per heavy atom. The van der Waals surface area contributed by atoms with Gasteiger partial charge in [0.05, 0.1) is 6.54 Å². The van der Waals surface area contributed by atoms with Gasteiger partial charge < -0.3 is 10.4 Å². The van der Waals surface area contributed by atoms with Crippen molar-refractivity contribution < 1.29 is 14.7 Å². The van der Waals surface area contributed by atoms with Gasteiger partial charge in [0.25, 0.3) is 0 Å². The van der Waals surface area contributed by atoms with E-state index in [9.17, 15) is 9.59 Å². The van der Waals surface area contributed by atoms with Crippen LogP contribution in [0.5, 0.6) is 0 Å². The maximum Gasteiger partial charge on any atom is 0.328 e. The van der Waals surface area contributed by atoms with Crippen LogP contribution in [-0.4, -0.2) is 43.2 Å². The van der Waals surface area contributed by atoms with Crippen LogP contribution in [0.2, 0.25) is 0 Å². The summed E-state index contributed by atoms with van der Waals surface area (Å²) in [6.45, 7) is 1.16. The third kappa shape index (κ3) is 3.37. The number of carboxylic acids is 1.